The van der Waals surface area contributed by atoms with Gasteiger partial charge in [0.2, 0.25) is 15.9 Å². The molecule has 0 radical (unpaired) electrons. The lowest BCUT2D eigenvalue weighted by Crippen LogP contribution is -2.24. The van der Waals surface area contributed by atoms with Gasteiger partial charge in [-0.05, 0) is 48.9 Å². The molecule has 7 nitrogen and oxygen atoms in total. The van der Waals surface area contributed by atoms with Crippen molar-refractivity contribution in [2.24, 2.45) is 0 Å². The molecule has 2 amide bonds. The zero-order chi connectivity index (χ0) is 19.2. The van der Waals surface area contributed by atoms with Crippen molar-refractivity contribution in [3.63, 3.8) is 0 Å². The van der Waals surface area contributed by atoms with Crippen molar-refractivity contribution in [3.8, 4) is 0 Å². The number of nitrogens with one attached hydrogen (secondary N) is 3. The summed E-state index contributed by atoms with van der Waals surface area (Å²) >= 11 is 0. The van der Waals surface area contributed by atoms with Gasteiger partial charge < -0.3 is 10.6 Å². The number of anilines is 2. The van der Waals surface area contributed by atoms with E-state index in [-0.39, 0.29) is 16.4 Å². The topological polar surface area (TPSA) is 104 Å². The monoisotopic (exact) mass is 375 g/mol. The molecule has 0 aliphatic carbocycles. The normalized spacial score (nSPS) is 11.0. The van der Waals surface area contributed by atoms with E-state index in [0.717, 1.165) is 0 Å². The average molecular weight is 375 g/mol. The molecule has 0 aliphatic heterocycles. The van der Waals surface area contributed by atoms with Crippen LogP contribution in [0.25, 0.3) is 0 Å². The van der Waals surface area contributed by atoms with Gasteiger partial charge in [0.15, 0.2) is 0 Å². The van der Waals surface area contributed by atoms with Gasteiger partial charge in [0.25, 0.3) is 5.91 Å². The Morgan fingerprint density at radius 3 is 2.15 bits per heavy atom. The van der Waals surface area contributed by atoms with E-state index in [2.05, 4.69) is 15.4 Å². The van der Waals surface area contributed by atoms with Crippen molar-refractivity contribution in [2.45, 2.75) is 25.2 Å². The van der Waals surface area contributed by atoms with Crippen molar-refractivity contribution < 1.29 is 18.0 Å². The van der Waals surface area contributed by atoms with E-state index < -0.39 is 15.9 Å². The van der Waals surface area contributed by atoms with Gasteiger partial charge in [-0.15, -0.1) is 0 Å². The maximum atomic E-state index is 12.4. The van der Waals surface area contributed by atoms with E-state index >= 15 is 0 Å². The quantitative estimate of drug-likeness (QED) is 0.692. The number of hydrogen-bond donors (Lipinski definition) is 3. The largest absolute Gasteiger partial charge is 0.326 e. The maximum Gasteiger partial charge on any atom is 0.255 e. The molecule has 0 saturated heterocycles. The SMILES string of the molecule is CCCNS(=O)(=O)c1cccc(C(=O)Nc2ccc(NC(C)=O)cc2)c1. The minimum absolute atomic E-state index is 0.0413. The van der Waals surface area contributed by atoms with Crippen molar-refractivity contribution >= 4 is 33.2 Å². The highest BCUT2D eigenvalue weighted by Gasteiger charge is 2.15. The molecule has 3 N–H and O–H groups in total. The van der Waals surface area contributed by atoms with Crippen molar-refractivity contribution in [2.75, 3.05) is 17.2 Å². The summed E-state index contributed by atoms with van der Waals surface area (Å²) in [6.45, 7) is 3.61. The number of amides is 2. The molecule has 0 heterocycles. The van der Waals surface area contributed by atoms with Crippen LogP contribution in [0.4, 0.5) is 11.4 Å². The molecule has 26 heavy (non-hydrogen) atoms. The number of rotatable bonds is 7. The first-order valence-corrected chi connectivity index (χ1v) is 9.59. The van der Waals surface area contributed by atoms with Crippen LogP contribution in [0.3, 0.4) is 0 Å². The molecule has 0 aliphatic rings. The standard InChI is InChI=1S/C18H21N3O4S/c1-3-11-19-26(24,25)17-6-4-5-14(12-17)18(23)21-16-9-7-15(8-10-16)20-13(2)22/h4-10,12,19H,3,11H2,1-2H3,(H,20,22)(H,21,23). The third-order valence-corrected chi connectivity index (χ3v) is 4.87. The Hall–Kier alpha value is -2.71. The number of sulfonamides is 1. The zero-order valence-corrected chi connectivity index (χ0v) is 15.4. The third-order valence-electron chi connectivity index (χ3n) is 3.41. The Morgan fingerprint density at radius 2 is 1.58 bits per heavy atom. The molecule has 0 atom stereocenters. The fourth-order valence-electron chi connectivity index (χ4n) is 2.17. The molecule has 0 fully saturated rings. The summed E-state index contributed by atoms with van der Waals surface area (Å²) < 4.78 is 26.8. The first-order valence-electron chi connectivity index (χ1n) is 8.10. The Kier molecular flexibility index (Phi) is 6.48. The number of carbonyl (C=O) groups excluding carboxylic acids is 2. The Bertz CT molecular complexity index is 893. The Labute approximate surface area is 152 Å². The average Bonchev–Trinajstić information content (AvgIpc) is 2.61. The predicted octanol–water partition coefficient (Wildman–Crippen LogP) is 2.59. The fraction of sp³-hybridized carbons (Fsp3) is 0.222. The molecule has 0 aromatic heterocycles. The lowest BCUT2D eigenvalue weighted by Gasteiger charge is -2.09. The van der Waals surface area contributed by atoms with Crippen LogP contribution < -0.4 is 15.4 Å². The van der Waals surface area contributed by atoms with Crippen LogP contribution in [0.1, 0.15) is 30.6 Å². The smallest absolute Gasteiger partial charge is 0.255 e. The van der Waals surface area contributed by atoms with E-state index in [1.165, 1.54) is 25.1 Å². The van der Waals surface area contributed by atoms with E-state index in [1.807, 2.05) is 6.92 Å². The fourth-order valence-corrected chi connectivity index (χ4v) is 3.35. The van der Waals surface area contributed by atoms with Gasteiger partial charge in [-0.25, -0.2) is 13.1 Å². The molecule has 138 valence electrons. The number of benzene rings is 2. The predicted molar refractivity (Wildman–Crippen MR) is 101 cm³/mol. The Morgan fingerprint density at radius 1 is 0.962 bits per heavy atom. The third kappa shape index (κ3) is 5.40. The summed E-state index contributed by atoms with van der Waals surface area (Å²) in [4.78, 5) is 23.4. The lowest BCUT2D eigenvalue weighted by molar-refractivity contribution is -0.114. The van der Waals surface area contributed by atoms with Crippen LogP contribution in [0.15, 0.2) is 53.4 Å². The molecular formula is C18H21N3O4S. The summed E-state index contributed by atoms with van der Waals surface area (Å²) in [7, 11) is -3.64. The van der Waals surface area contributed by atoms with Crippen LogP contribution in [0.2, 0.25) is 0 Å². The van der Waals surface area contributed by atoms with Gasteiger partial charge >= 0.3 is 0 Å². The molecule has 2 aromatic rings. The molecule has 0 saturated carbocycles. The first-order chi connectivity index (χ1) is 12.3. The second-order valence-electron chi connectivity index (χ2n) is 5.64. The molecule has 2 aromatic carbocycles. The summed E-state index contributed by atoms with van der Waals surface area (Å²) in [5.41, 5.74) is 1.38. The minimum Gasteiger partial charge on any atom is -0.326 e. The van der Waals surface area contributed by atoms with Crippen molar-refractivity contribution in [3.05, 3.63) is 54.1 Å². The number of carbonyl (C=O) groups is 2. The van der Waals surface area contributed by atoms with E-state index in [4.69, 9.17) is 0 Å². The van der Waals surface area contributed by atoms with Gasteiger partial charge in [0.1, 0.15) is 0 Å². The molecule has 0 bridgehead atoms. The van der Waals surface area contributed by atoms with E-state index in [1.54, 1.807) is 30.3 Å². The van der Waals surface area contributed by atoms with Crippen LogP contribution in [-0.2, 0) is 14.8 Å². The molecule has 0 unspecified atom stereocenters. The second-order valence-corrected chi connectivity index (χ2v) is 7.41. The second kappa shape index (κ2) is 8.59. The highest BCUT2D eigenvalue weighted by Crippen LogP contribution is 2.16. The Balaban J connectivity index is 2.12. The highest BCUT2D eigenvalue weighted by atomic mass is 32.2. The van der Waals surface area contributed by atoms with Crippen LogP contribution >= 0.6 is 0 Å². The van der Waals surface area contributed by atoms with Crippen LogP contribution in [-0.4, -0.2) is 26.8 Å². The summed E-state index contributed by atoms with van der Waals surface area (Å²) in [6, 6.07) is 12.4. The summed E-state index contributed by atoms with van der Waals surface area (Å²) in [5.74, 6) is -0.610. The molecule has 8 heteroatoms. The van der Waals surface area contributed by atoms with E-state index in [9.17, 15) is 18.0 Å². The first kappa shape index (κ1) is 19.6. The number of hydrogen-bond acceptors (Lipinski definition) is 4. The van der Waals surface area contributed by atoms with Crippen LogP contribution in [0, 0.1) is 0 Å². The summed E-state index contributed by atoms with van der Waals surface area (Å²) in [6.07, 6.45) is 0.674. The molecular weight excluding hydrogens is 354 g/mol. The van der Waals surface area contributed by atoms with Gasteiger partial charge in [-0.1, -0.05) is 13.0 Å². The molecule has 2 rings (SSSR count). The van der Waals surface area contributed by atoms with Crippen molar-refractivity contribution in [1.29, 1.82) is 0 Å². The van der Waals surface area contributed by atoms with Crippen LogP contribution in [0.5, 0.6) is 0 Å². The molecule has 0 spiro atoms. The summed E-state index contributed by atoms with van der Waals surface area (Å²) in [5, 5.41) is 5.33. The zero-order valence-electron chi connectivity index (χ0n) is 14.6. The maximum absolute atomic E-state index is 12.4. The van der Waals surface area contributed by atoms with Crippen molar-refractivity contribution in [1.82, 2.24) is 4.72 Å². The van der Waals surface area contributed by atoms with Gasteiger partial charge in [-0.2, -0.15) is 0 Å². The van der Waals surface area contributed by atoms with Gasteiger partial charge in [-0.3, -0.25) is 9.59 Å². The highest BCUT2D eigenvalue weighted by molar-refractivity contribution is 7.89. The lowest BCUT2D eigenvalue weighted by atomic mass is 10.2. The van der Waals surface area contributed by atoms with E-state index in [0.29, 0.717) is 24.3 Å². The minimum atomic E-state index is -3.64. The van der Waals surface area contributed by atoms with Gasteiger partial charge in [0.05, 0.1) is 4.90 Å². The van der Waals surface area contributed by atoms with Gasteiger partial charge in [0, 0.05) is 30.4 Å².